The Morgan fingerprint density at radius 3 is 2.83 bits per heavy atom. The molecule has 4 rings (SSSR count). The van der Waals surface area contributed by atoms with Gasteiger partial charge in [-0.15, -0.1) is 11.3 Å². The molecule has 0 radical (unpaired) electrons. The molecular formula is C21H31N5OS2. The third-order valence-corrected chi connectivity index (χ3v) is 7.41. The van der Waals surface area contributed by atoms with Gasteiger partial charge in [0, 0.05) is 39.1 Å². The number of nitrogens with zero attached hydrogens (tertiary/aromatic N) is 4. The average Bonchev–Trinajstić information content (AvgIpc) is 3.32. The Morgan fingerprint density at radius 2 is 2.03 bits per heavy atom. The van der Waals surface area contributed by atoms with E-state index in [4.69, 9.17) is 12.2 Å². The summed E-state index contributed by atoms with van der Waals surface area (Å²) in [4.78, 5) is 18.6. The van der Waals surface area contributed by atoms with Crippen molar-refractivity contribution in [3.8, 4) is 10.7 Å². The minimum atomic E-state index is 0.227. The van der Waals surface area contributed by atoms with E-state index in [0.29, 0.717) is 17.7 Å². The summed E-state index contributed by atoms with van der Waals surface area (Å²) < 4.78 is 2.53. The van der Waals surface area contributed by atoms with Crippen LogP contribution < -0.4 is 0 Å². The Morgan fingerprint density at radius 1 is 1.17 bits per heavy atom. The van der Waals surface area contributed by atoms with E-state index in [1.165, 1.54) is 38.6 Å². The molecule has 2 aromatic heterocycles. The molecule has 1 aliphatic heterocycles. The summed E-state index contributed by atoms with van der Waals surface area (Å²) in [6, 6.07) is 4.03. The molecule has 2 aliphatic rings. The zero-order valence-electron chi connectivity index (χ0n) is 17.0. The van der Waals surface area contributed by atoms with Crippen LogP contribution in [-0.2, 0) is 11.3 Å². The fourth-order valence-corrected chi connectivity index (χ4v) is 5.57. The predicted molar refractivity (Wildman–Crippen MR) is 120 cm³/mol. The van der Waals surface area contributed by atoms with Crippen molar-refractivity contribution in [3.05, 3.63) is 22.3 Å². The molecule has 2 fully saturated rings. The molecular weight excluding hydrogens is 402 g/mol. The summed E-state index contributed by atoms with van der Waals surface area (Å²) in [5, 5.41) is 9.25. The second-order valence-electron chi connectivity index (χ2n) is 8.27. The van der Waals surface area contributed by atoms with E-state index in [0.717, 1.165) is 49.2 Å². The lowest BCUT2D eigenvalue weighted by atomic mass is 9.89. The quantitative estimate of drug-likeness (QED) is 0.695. The van der Waals surface area contributed by atoms with Crippen molar-refractivity contribution >= 4 is 29.5 Å². The van der Waals surface area contributed by atoms with Gasteiger partial charge < -0.3 is 9.80 Å². The van der Waals surface area contributed by atoms with Crippen LogP contribution in [0.15, 0.2) is 17.5 Å². The Kier molecular flexibility index (Phi) is 7.15. The first kappa shape index (κ1) is 20.8. The summed E-state index contributed by atoms with van der Waals surface area (Å²) >= 11 is 7.02. The predicted octanol–water partition coefficient (Wildman–Crippen LogP) is 4.17. The van der Waals surface area contributed by atoms with E-state index < -0.39 is 0 Å². The van der Waals surface area contributed by atoms with Gasteiger partial charge >= 0.3 is 0 Å². The molecule has 0 aromatic carbocycles. The third-order valence-electron chi connectivity index (χ3n) is 6.23. The zero-order valence-corrected chi connectivity index (χ0v) is 18.6. The van der Waals surface area contributed by atoms with Crippen LogP contribution in [0.5, 0.6) is 0 Å². The first-order valence-corrected chi connectivity index (χ1v) is 12.2. The minimum absolute atomic E-state index is 0.227. The van der Waals surface area contributed by atoms with Crippen molar-refractivity contribution in [3.63, 3.8) is 0 Å². The zero-order chi connectivity index (χ0) is 20.1. The van der Waals surface area contributed by atoms with Crippen molar-refractivity contribution in [2.45, 2.75) is 51.5 Å². The largest absolute Gasteiger partial charge is 0.341 e. The van der Waals surface area contributed by atoms with Gasteiger partial charge in [-0.1, -0.05) is 25.3 Å². The SMILES string of the molecule is O=C(CCn1c(-c2cccs2)n[nH]c1=S)N1CCCN(CC2CCCCC2)CC1. The fraction of sp³-hybridized carbons (Fsp3) is 0.667. The lowest BCUT2D eigenvalue weighted by Gasteiger charge is -2.28. The highest BCUT2D eigenvalue weighted by atomic mass is 32.1. The van der Waals surface area contributed by atoms with Gasteiger partial charge in [-0.05, 0) is 55.4 Å². The second kappa shape index (κ2) is 10.00. The molecule has 0 spiro atoms. The fourth-order valence-electron chi connectivity index (χ4n) is 4.62. The number of hydrogen-bond donors (Lipinski definition) is 1. The molecule has 1 N–H and O–H groups in total. The number of H-pyrrole nitrogens is 1. The lowest BCUT2D eigenvalue weighted by Crippen LogP contribution is -2.37. The average molecular weight is 434 g/mol. The van der Waals surface area contributed by atoms with Crippen molar-refractivity contribution in [1.29, 1.82) is 0 Å². The second-order valence-corrected chi connectivity index (χ2v) is 9.60. The molecule has 2 aromatic rings. The first-order chi connectivity index (χ1) is 14.2. The highest BCUT2D eigenvalue weighted by molar-refractivity contribution is 7.71. The van der Waals surface area contributed by atoms with Crippen LogP contribution in [0.1, 0.15) is 44.9 Å². The van der Waals surface area contributed by atoms with Crippen LogP contribution in [0.4, 0.5) is 0 Å². The Hall–Kier alpha value is -1.51. The van der Waals surface area contributed by atoms with Gasteiger partial charge in [0.1, 0.15) is 0 Å². The van der Waals surface area contributed by atoms with E-state index in [9.17, 15) is 4.79 Å². The Balaban J connectivity index is 1.29. The summed E-state index contributed by atoms with van der Waals surface area (Å²) in [6.07, 6.45) is 8.51. The van der Waals surface area contributed by atoms with Crippen molar-refractivity contribution in [2.24, 2.45) is 5.92 Å². The molecule has 1 saturated heterocycles. The van der Waals surface area contributed by atoms with Crippen LogP contribution in [-0.4, -0.2) is 63.2 Å². The van der Waals surface area contributed by atoms with Gasteiger partial charge in [-0.25, -0.2) is 0 Å². The number of carbonyl (C=O) groups is 1. The molecule has 1 amide bonds. The highest BCUT2D eigenvalue weighted by Gasteiger charge is 2.22. The van der Waals surface area contributed by atoms with E-state index in [2.05, 4.69) is 20.0 Å². The van der Waals surface area contributed by atoms with Crippen LogP contribution in [0, 0.1) is 10.7 Å². The molecule has 8 heteroatoms. The third kappa shape index (κ3) is 5.35. The number of aromatic amines is 1. The van der Waals surface area contributed by atoms with Crippen molar-refractivity contribution in [1.82, 2.24) is 24.6 Å². The number of hydrogen-bond acceptors (Lipinski definition) is 5. The number of amides is 1. The maximum absolute atomic E-state index is 12.9. The maximum atomic E-state index is 12.9. The number of thiophene rings is 1. The highest BCUT2D eigenvalue weighted by Crippen LogP contribution is 2.25. The summed E-state index contributed by atoms with van der Waals surface area (Å²) in [7, 11) is 0. The van der Waals surface area contributed by atoms with E-state index in [-0.39, 0.29) is 5.91 Å². The van der Waals surface area contributed by atoms with Crippen LogP contribution >= 0.6 is 23.6 Å². The molecule has 1 aliphatic carbocycles. The maximum Gasteiger partial charge on any atom is 0.224 e. The smallest absolute Gasteiger partial charge is 0.224 e. The Bertz CT molecular complexity index is 838. The topological polar surface area (TPSA) is 57.2 Å². The lowest BCUT2D eigenvalue weighted by molar-refractivity contribution is -0.131. The Labute approximate surface area is 181 Å². The molecule has 3 heterocycles. The van der Waals surface area contributed by atoms with Gasteiger partial charge in [0.25, 0.3) is 0 Å². The van der Waals surface area contributed by atoms with Gasteiger partial charge in [0.2, 0.25) is 5.91 Å². The molecule has 0 unspecified atom stereocenters. The standard InChI is InChI=1S/C21H31N5OS2/c27-19(9-12-26-20(22-23-21(26)28)18-8-4-15-29-18)25-11-5-10-24(13-14-25)16-17-6-2-1-3-7-17/h4,8,15,17H,1-3,5-7,9-14,16H2,(H,23,28). The molecule has 0 atom stereocenters. The minimum Gasteiger partial charge on any atom is -0.341 e. The molecule has 1 saturated carbocycles. The van der Waals surface area contributed by atoms with E-state index >= 15 is 0 Å². The monoisotopic (exact) mass is 433 g/mol. The van der Waals surface area contributed by atoms with E-state index in [1.807, 2.05) is 22.1 Å². The molecule has 6 nitrogen and oxygen atoms in total. The summed E-state index contributed by atoms with van der Waals surface area (Å²) in [5.41, 5.74) is 0. The van der Waals surface area contributed by atoms with Crippen LogP contribution in [0.25, 0.3) is 10.7 Å². The summed E-state index contributed by atoms with van der Waals surface area (Å²) in [6.45, 7) is 5.64. The molecule has 0 bridgehead atoms. The summed E-state index contributed by atoms with van der Waals surface area (Å²) in [5.74, 6) is 1.92. The van der Waals surface area contributed by atoms with Gasteiger partial charge in [0.05, 0.1) is 4.88 Å². The van der Waals surface area contributed by atoms with Crippen molar-refractivity contribution < 1.29 is 4.79 Å². The molecule has 29 heavy (non-hydrogen) atoms. The van der Waals surface area contributed by atoms with E-state index in [1.54, 1.807) is 11.3 Å². The van der Waals surface area contributed by atoms with Crippen LogP contribution in [0.2, 0.25) is 0 Å². The number of nitrogens with one attached hydrogen (secondary N) is 1. The number of rotatable bonds is 6. The normalized spacial score (nSPS) is 19.4. The first-order valence-electron chi connectivity index (χ1n) is 10.9. The number of aromatic nitrogens is 3. The van der Waals surface area contributed by atoms with Gasteiger partial charge in [-0.2, -0.15) is 5.10 Å². The molecule has 158 valence electrons. The number of carbonyl (C=O) groups excluding carboxylic acids is 1. The van der Waals surface area contributed by atoms with Gasteiger partial charge in [0.15, 0.2) is 10.6 Å². The van der Waals surface area contributed by atoms with Crippen molar-refractivity contribution in [2.75, 3.05) is 32.7 Å². The van der Waals surface area contributed by atoms with Gasteiger partial charge in [-0.3, -0.25) is 14.5 Å². The van der Waals surface area contributed by atoms with Crippen LogP contribution in [0.3, 0.4) is 0 Å².